The number of hydrogen-bond donors (Lipinski definition) is 2. The maximum atomic E-state index is 10.4. The van der Waals surface area contributed by atoms with Crippen LogP contribution in [0.2, 0.25) is 0 Å². The third kappa shape index (κ3) is 8.87. The number of hydrogen-bond acceptors (Lipinski definition) is 7. The molecule has 2 N–H and O–H groups in total. The molecule has 0 saturated heterocycles. The molecule has 1 unspecified atom stereocenters. The molecule has 1 atom stereocenters. The van der Waals surface area contributed by atoms with Gasteiger partial charge >= 0.3 is 7.60 Å². The largest absolute Gasteiger partial charge is 0.327 e. The van der Waals surface area contributed by atoms with Gasteiger partial charge in [0, 0.05) is 0 Å². The Hall–Kier alpha value is -1.45. The van der Waals surface area contributed by atoms with E-state index in [2.05, 4.69) is 9.68 Å². The molecule has 12 heteroatoms. The van der Waals surface area contributed by atoms with Crippen LogP contribution in [0.25, 0.3) is 0 Å². The van der Waals surface area contributed by atoms with Crippen LogP contribution in [0.15, 0.2) is 0 Å². The summed E-state index contributed by atoms with van der Waals surface area (Å²) in [6.45, 7) is -0.931. The molecule has 0 saturated carbocycles. The summed E-state index contributed by atoms with van der Waals surface area (Å²) in [6.07, 6.45) is -2.73. The zero-order valence-electron chi connectivity index (χ0n) is 7.09. The Bertz CT molecular complexity index is 285. The Labute approximate surface area is 82.0 Å². The Balaban J connectivity index is 4.24. The molecular formula is C3H7N2O9P. The molecule has 0 rings (SSSR count). The van der Waals surface area contributed by atoms with E-state index in [1.807, 2.05) is 0 Å². The Kier molecular flexibility index (Phi) is 4.91. The summed E-state index contributed by atoms with van der Waals surface area (Å²) in [5.41, 5.74) is 0. The van der Waals surface area contributed by atoms with Crippen molar-refractivity contribution in [2.45, 2.75) is 6.10 Å². The van der Waals surface area contributed by atoms with Crippen LogP contribution in [0.1, 0.15) is 0 Å². The molecule has 0 aromatic rings. The summed E-state index contributed by atoms with van der Waals surface area (Å²) in [5, 5.41) is 17.0. The van der Waals surface area contributed by atoms with Gasteiger partial charge < -0.3 is 19.5 Å². The predicted octanol–water partition coefficient (Wildman–Crippen LogP) is -1.05. The van der Waals surface area contributed by atoms with Crippen LogP contribution in [0.3, 0.4) is 0 Å². The average Bonchev–Trinajstić information content (AvgIpc) is 1.95. The molecule has 0 aliphatic carbocycles. The van der Waals surface area contributed by atoms with Gasteiger partial charge in [0.25, 0.3) is 10.2 Å². The van der Waals surface area contributed by atoms with Crippen LogP contribution in [-0.4, -0.2) is 38.8 Å². The average molecular weight is 246 g/mol. The van der Waals surface area contributed by atoms with Crippen molar-refractivity contribution in [3.8, 4) is 0 Å². The van der Waals surface area contributed by atoms with Crippen LogP contribution in [0, 0.1) is 20.2 Å². The second-order valence-electron chi connectivity index (χ2n) is 2.32. The second-order valence-corrected chi connectivity index (χ2v) is 4.01. The highest BCUT2D eigenvalue weighted by molar-refractivity contribution is 7.51. The van der Waals surface area contributed by atoms with Crippen molar-refractivity contribution in [2.75, 3.05) is 12.8 Å². The van der Waals surface area contributed by atoms with E-state index in [4.69, 9.17) is 9.79 Å². The molecule has 0 spiro atoms. The molecule has 0 heterocycles. The standard InChI is InChI=1S/C3H7N2O9P/c6-4(7)13-1-3(14-5(8)9)2-15(10,11)12/h3H,1-2H2,(H2,10,11,12). The summed E-state index contributed by atoms with van der Waals surface area (Å²) in [5.74, 6) is 0. The fourth-order valence-electron chi connectivity index (χ4n) is 0.647. The van der Waals surface area contributed by atoms with Crippen LogP contribution < -0.4 is 0 Å². The zero-order chi connectivity index (χ0) is 12.1. The first-order valence-electron chi connectivity index (χ1n) is 3.34. The molecule has 0 amide bonds. The van der Waals surface area contributed by atoms with E-state index < -0.39 is 36.6 Å². The predicted molar refractivity (Wildman–Crippen MR) is 41.7 cm³/mol. The lowest BCUT2D eigenvalue weighted by atomic mass is 10.4. The zero-order valence-corrected chi connectivity index (χ0v) is 7.98. The lowest BCUT2D eigenvalue weighted by molar-refractivity contribution is -0.788. The van der Waals surface area contributed by atoms with Gasteiger partial charge in [0.1, 0.15) is 12.7 Å². The van der Waals surface area contributed by atoms with Crippen molar-refractivity contribution >= 4 is 7.60 Å². The van der Waals surface area contributed by atoms with E-state index in [0.717, 1.165) is 0 Å². The first-order chi connectivity index (χ1) is 6.70. The van der Waals surface area contributed by atoms with Gasteiger partial charge in [-0.15, -0.1) is 20.2 Å². The smallest absolute Gasteiger partial charge is 0.324 e. The normalized spacial score (nSPS) is 12.9. The summed E-state index contributed by atoms with van der Waals surface area (Å²) >= 11 is 0. The summed E-state index contributed by atoms with van der Waals surface area (Å²) in [7, 11) is -4.57. The van der Waals surface area contributed by atoms with Gasteiger partial charge in [-0.05, 0) is 0 Å². The van der Waals surface area contributed by atoms with Crippen molar-refractivity contribution in [1.29, 1.82) is 0 Å². The summed E-state index contributed by atoms with van der Waals surface area (Å²) in [4.78, 5) is 43.9. The molecule has 0 bridgehead atoms. The summed E-state index contributed by atoms with van der Waals surface area (Å²) < 4.78 is 10.4. The van der Waals surface area contributed by atoms with E-state index in [-0.39, 0.29) is 0 Å². The Morgan fingerprint density at radius 2 is 1.80 bits per heavy atom. The molecule has 0 aromatic heterocycles. The molecule has 0 aliphatic heterocycles. The monoisotopic (exact) mass is 246 g/mol. The lowest BCUT2D eigenvalue weighted by Gasteiger charge is -2.13. The van der Waals surface area contributed by atoms with Crippen molar-refractivity contribution in [2.24, 2.45) is 0 Å². The third-order valence-electron chi connectivity index (χ3n) is 1.04. The molecule has 0 aliphatic rings. The molecule has 15 heavy (non-hydrogen) atoms. The molecule has 0 fully saturated rings. The van der Waals surface area contributed by atoms with Crippen molar-refractivity contribution in [3.63, 3.8) is 0 Å². The van der Waals surface area contributed by atoms with Crippen molar-refractivity contribution < 1.29 is 34.2 Å². The lowest BCUT2D eigenvalue weighted by Crippen LogP contribution is -2.28. The molecule has 11 nitrogen and oxygen atoms in total. The first-order valence-corrected chi connectivity index (χ1v) is 5.13. The van der Waals surface area contributed by atoms with Crippen LogP contribution in [0.4, 0.5) is 0 Å². The van der Waals surface area contributed by atoms with Gasteiger partial charge in [0.05, 0.1) is 6.16 Å². The maximum Gasteiger partial charge on any atom is 0.327 e. The van der Waals surface area contributed by atoms with E-state index in [1.54, 1.807) is 0 Å². The number of rotatable bonds is 7. The molecule has 0 aromatic carbocycles. The van der Waals surface area contributed by atoms with Gasteiger partial charge in [-0.1, -0.05) is 0 Å². The molecule has 0 radical (unpaired) electrons. The van der Waals surface area contributed by atoms with Gasteiger partial charge in [0.2, 0.25) is 0 Å². The highest BCUT2D eigenvalue weighted by atomic mass is 31.2. The maximum absolute atomic E-state index is 10.4. The van der Waals surface area contributed by atoms with E-state index >= 15 is 0 Å². The number of nitrogens with zero attached hydrogens (tertiary/aromatic N) is 2. The fourth-order valence-corrected chi connectivity index (χ4v) is 1.35. The SMILES string of the molecule is O=[N+]([O-])OCC(CP(=O)(O)O)O[N+](=O)[O-]. The highest BCUT2D eigenvalue weighted by Gasteiger charge is 2.25. The summed E-state index contributed by atoms with van der Waals surface area (Å²) in [6, 6.07) is 0. The quantitative estimate of drug-likeness (QED) is 0.324. The fraction of sp³-hybridized carbons (Fsp3) is 1.00. The minimum atomic E-state index is -4.57. The van der Waals surface area contributed by atoms with Crippen LogP contribution >= 0.6 is 7.60 Å². The van der Waals surface area contributed by atoms with Crippen LogP contribution in [0.5, 0.6) is 0 Å². The van der Waals surface area contributed by atoms with Crippen molar-refractivity contribution in [1.82, 2.24) is 0 Å². The van der Waals surface area contributed by atoms with Gasteiger partial charge in [-0.25, -0.2) is 0 Å². The van der Waals surface area contributed by atoms with Gasteiger partial charge in [0.15, 0.2) is 0 Å². The van der Waals surface area contributed by atoms with Gasteiger partial charge in [-0.3, -0.25) is 4.57 Å². The van der Waals surface area contributed by atoms with Crippen LogP contribution in [-0.2, 0) is 14.2 Å². The van der Waals surface area contributed by atoms with Crippen molar-refractivity contribution in [3.05, 3.63) is 20.2 Å². The third-order valence-corrected chi connectivity index (χ3v) is 1.93. The molecule has 88 valence electrons. The first kappa shape index (κ1) is 13.5. The topological polar surface area (TPSA) is 162 Å². The minimum absolute atomic E-state index is 0.931. The van der Waals surface area contributed by atoms with E-state index in [9.17, 15) is 24.8 Å². The second kappa shape index (κ2) is 5.44. The minimum Gasteiger partial charge on any atom is -0.324 e. The van der Waals surface area contributed by atoms with E-state index in [1.165, 1.54) is 0 Å². The Morgan fingerprint density at radius 3 is 2.13 bits per heavy atom. The highest BCUT2D eigenvalue weighted by Crippen LogP contribution is 2.35. The van der Waals surface area contributed by atoms with E-state index in [0.29, 0.717) is 0 Å². The van der Waals surface area contributed by atoms with Gasteiger partial charge in [-0.2, -0.15) is 0 Å². The Morgan fingerprint density at radius 1 is 1.27 bits per heavy atom. The molecular weight excluding hydrogens is 239 g/mol.